The summed E-state index contributed by atoms with van der Waals surface area (Å²) in [5.74, 6) is 1.19. The van der Waals surface area contributed by atoms with E-state index < -0.39 is 6.09 Å². The number of carbonyl (C=O) groups is 1. The van der Waals surface area contributed by atoms with Gasteiger partial charge in [-0.2, -0.15) is 0 Å². The van der Waals surface area contributed by atoms with Crippen molar-refractivity contribution in [2.24, 2.45) is 0 Å². The van der Waals surface area contributed by atoms with E-state index in [1.807, 2.05) is 25.2 Å². The van der Waals surface area contributed by atoms with E-state index in [2.05, 4.69) is 10.2 Å². The van der Waals surface area contributed by atoms with E-state index in [4.69, 9.17) is 13.9 Å². The van der Waals surface area contributed by atoms with Crippen LogP contribution < -0.4 is 20.2 Å². The Morgan fingerprint density at radius 1 is 1.14 bits per heavy atom. The van der Waals surface area contributed by atoms with E-state index in [1.54, 1.807) is 24.3 Å². The van der Waals surface area contributed by atoms with Gasteiger partial charge in [-0.25, -0.2) is 4.79 Å². The highest BCUT2D eigenvalue weighted by molar-refractivity contribution is 5.77. The lowest BCUT2D eigenvalue weighted by Gasteiger charge is -2.17. The van der Waals surface area contributed by atoms with Crippen LogP contribution in [0.4, 0.5) is 4.79 Å². The Bertz CT molecular complexity index is 1030. The molecule has 152 valence electrons. The average molecular weight is 396 g/mol. The third kappa shape index (κ3) is 5.83. The summed E-state index contributed by atoms with van der Waals surface area (Å²) in [6.07, 6.45) is 1.74. The molecule has 7 nitrogen and oxygen atoms in total. The number of carbonyl (C=O) groups excluding carboxylic acids is 1. The molecule has 1 N–H and O–H groups in total. The second kappa shape index (κ2) is 9.75. The van der Waals surface area contributed by atoms with Crippen LogP contribution in [-0.4, -0.2) is 38.2 Å². The highest BCUT2D eigenvalue weighted by Crippen LogP contribution is 2.19. The Morgan fingerprint density at radius 3 is 2.83 bits per heavy atom. The van der Waals surface area contributed by atoms with Gasteiger partial charge in [0.25, 0.3) is 0 Å². The number of rotatable bonds is 8. The molecule has 29 heavy (non-hydrogen) atoms. The van der Waals surface area contributed by atoms with E-state index in [0.717, 1.165) is 25.1 Å². The minimum Gasteiger partial charge on any atom is -0.493 e. The fourth-order valence-electron chi connectivity index (χ4n) is 2.93. The largest absolute Gasteiger partial charge is 0.493 e. The van der Waals surface area contributed by atoms with Crippen LogP contribution in [0.1, 0.15) is 12.0 Å². The maximum Gasteiger partial charge on any atom is 0.412 e. The van der Waals surface area contributed by atoms with Gasteiger partial charge in [0.2, 0.25) is 0 Å². The highest BCUT2D eigenvalue weighted by atomic mass is 16.6. The number of fused-ring (bicyclic) bond motifs is 1. The van der Waals surface area contributed by atoms with Crippen molar-refractivity contribution in [1.29, 1.82) is 0 Å². The number of nitrogens with zero attached hydrogens (tertiary/aromatic N) is 1. The van der Waals surface area contributed by atoms with Crippen LogP contribution in [0.25, 0.3) is 11.0 Å². The third-order valence-corrected chi connectivity index (χ3v) is 4.35. The van der Waals surface area contributed by atoms with Crippen LogP contribution in [0.2, 0.25) is 0 Å². The molecule has 0 bridgehead atoms. The van der Waals surface area contributed by atoms with Gasteiger partial charge in [0, 0.05) is 32.3 Å². The van der Waals surface area contributed by atoms with Crippen LogP contribution in [0.15, 0.2) is 64.0 Å². The molecule has 1 amide bonds. The van der Waals surface area contributed by atoms with Gasteiger partial charge in [-0.3, -0.25) is 4.79 Å². The van der Waals surface area contributed by atoms with E-state index in [1.165, 1.54) is 19.4 Å². The Labute approximate surface area is 168 Å². The third-order valence-electron chi connectivity index (χ3n) is 4.35. The summed E-state index contributed by atoms with van der Waals surface area (Å²) >= 11 is 0. The first-order chi connectivity index (χ1) is 14.0. The average Bonchev–Trinajstić information content (AvgIpc) is 2.71. The van der Waals surface area contributed by atoms with Gasteiger partial charge in [-0.15, -0.1) is 0 Å². The fourth-order valence-corrected chi connectivity index (χ4v) is 2.93. The van der Waals surface area contributed by atoms with Crippen LogP contribution in [0.5, 0.6) is 11.5 Å². The quantitative estimate of drug-likeness (QED) is 0.588. The first-order valence-corrected chi connectivity index (χ1v) is 9.36. The lowest BCUT2D eigenvalue weighted by Crippen LogP contribution is -2.22. The van der Waals surface area contributed by atoms with Gasteiger partial charge in [-0.05, 0) is 43.3 Å². The Balaban J connectivity index is 1.45. The highest BCUT2D eigenvalue weighted by Gasteiger charge is 2.06. The molecule has 0 saturated heterocycles. The molecule has 7 heteroatoms. The van der Waals surface area contributed by atoms with Crippen molar-refractivity contribution in [3.05, 3.63) is 70.6 Å². The van der Waals surface area contributed by atoms with Crippen molar-refractivity contribution in [2.75, 3.05) is 27.2 Å². The van der Waals surface area contributed by atoms with Gasteiger partial charge in [0.15, 0.2) is 5.43 Å². The van der Waals surface area contributed by atoms with E-state index in [-0.39, 0.29) is 5.43 Å². The van der Waals surface area contributed by atoms with Crippen molar-refractivity contribution in [3.8, 4) is 11.5 Å². The second-order valence-electron chi connectivity index (χ2n) is 6.67. The molecule has 3 rings (SSSR count). The molecule has 0 radical (unpaired) electrons. The molecule has 0 aliphatic heterocycles. The molecule has 0 spiro atoms. The fraction of sp³-hybridized carbons (Fsp3) is 0.273. The molecule has 0 atom stereocenters. The summed E-state index contributed by atoms with van der Waals surface area (Å²) in [5.41, 5.74) is 1.51. The van der Waals surface area contributed by atoms with Crippen LogP contribution in [0, 0.1) is 0 Å². The minimum atomic E-state index is -0.486. The predicted octanol–water partition coefficient (Wildman–Crippen LogP) is 3.41. The first kappa shape index (κ1) is 20.4. The molecule has 0 unspecified atom stereocenters. The summed E-state index contributed by atoms with van der Waals surface area (Å²) in [5, 5.41) is 2.97. The van der Waals surface area contributed by atoms with Gasteiger partial charge < -0.3 is 24.1 Å². The monoisotopic (exact) mass is 396 g/mol. The SMILES string of the molecule is CNC(=O)Oc1cccc(CN(C)CCCOc2ccc3c(=O)ccoc3c2)c1. The Morgan fingerprint density at radius 2 is 2.00 bits per heavy atom. The van der Waals surface area contributed by atoms with Crippen molar-refractivity contribution in [2.45, 2.75) is 13.0 Å². The summed E-state index contributed by atoms with van der Waals surface area (Å²) in [4.78, 5) is 25.2. The second-order valence-corrected chi connectivity index (χ2v) is 6.67. The van der Waals surface area contributed by atoms with E-state index in [9.17, 15) is 9.59 Å². The van der Waals surface area contributed by atoms with Crippen LogP contribution in [-0.2, 0) is 6.54 Å². The van der Waals surface area contributed by atoms with Crippen molar-refractivity contribution in [3.63, 3.8) is 0 Å². The molecule has 1 aromatic heterocycles. The number of ether oxygens (including phenoxy) is 2. The molecule has 0 fully saturated rings. The smallest absolute Gasteiger partial charge is 0.412 e. The number of benzene rings is 2. The van der Waals surface area contributed by atoms with Gasteiger partial charge >= 0.3 is 6.09 Å². The number of hydrogen-bond donors (Lipinski definition) is 1. The van der Waals surface area contributed by atoms with Crippen LogP contribution in [0.3, 0.4) is 0 Å². The summed E-state index contributed by atoms with van der Waals surface area (Å²) in [6.45, 7) is 2.11. The Hall–Kier alpha value is -3.32. The molecule has 0 saturated carbocycles. The molecule has 0 aliphatic rings. The van der Waals surface area contributed by atoms with Gasteiger partial charge in [0.1, 0.15) is 17.1 Å². The van der Waals surface area contributed by atoms with Crippen LogP contribution >= 0.6 is 0 Å². The van der Waals surface area contributed by atoms with Gasteiger partial charge in [0.05, 0.1) is 18.3 Å². The number of hydrogen-bond acceptors (Lipinski definition) is 6. The summed E-state index contributed by atoms with van der Waals surface area (Å²) in [7, 11) is 3.55. The van der Waals surface area contributed by atoms with Gasteiger partial charge in [-0.1, -0.05) is 12.1 Å². The van der Waals surface area contributed by atoms with E-state index >= 15 is 0 Å². The normalized spacial score (nSPS) is 10.9. The van der Waals surface area contributed by atoms with Crippen molar-refractivity contribution >= 4 is 17.1 Å². The maximum absolute atomic E-state index is 11.7. The zero-order chi connectivity index (χ0) is 20.6. The Kier molecular flexibility index (Phi) is 6.86. The first-order valence-electron chi connectivity index (χ1n) is 9.36. The molecular formula is C22H24N2O5. The van der Waals surface area contributed by atoms with E-state index in [0.29, 0.717) is 29.1 Å². The number of nitrogens with one attached hydrogen (secondary N) is 1. The lowest BCUT2D eigenvalue weighted by molar-refractivity contribution is 0.203. The zero-order valence-corrected chi connectivity index (χ0v) is 16.5. The maximum atomic E-state index is 11.7. The standard InChI is InChI=1S/C22H24N2O5/c1-23-22(26)29-18-6-3-5-16(13-18)15-24(2)10-4-11-27-17-7-8-19-20(25)9-12-28-21(19)14-17/h3,5-9,12-14H,4,10-11,15H2,1-2H3,(H,23,26). The lowest BCUT2D eigenvalue weighted by atomic mass is 10.2. The minimum absolute atomic E-state index is 0.0655. The summed E-state index contributed by atoms with van der Waals surface area (Å²) in [6, 6.07) is 14.1. The predicted molar refractivity (Wildman–Crippen MR) is 110 cm³/mol. The molecular weight excluding hydrogens is 372 g/mol. The zero-order valence-electron chi connectivity index (χ0n) is 16.5. The topological polar surface area (TPSA) is 81.0 Å². The van der Waals surface area contributed by atoms with Crippen molar-refractivity contribution < 1.29 is 18.7 Å². The summed E-state index contributed by atoms with van der Waals surface area (Å²) < 4.78 is 16.3. The van der Waals surface area contributed by atoms with Crippen molar-refractivity contribution in [1.82, 2.24) is 10.2 Å². The molecule has 0 aliphatic carbocycles. The molecule has 2 aromatic carbocycles. The molecule has 1 heterocycles. The molecule has 3 aromatic rings. The number of amides is 1.